The van der Waals surface area contributed by atoms with Crippen molar-refractivity contribution in [1.82, 2.24) is 4.90 Å². The summed E-state index contributed by atoms with van der Waals surface area (Å²) in [6.45, 7) is 3.54. The highest BCUT2D eigenvalue weighted by atomic mass is 32.2. The number of urea groups is 1. The molecule has 0 fully saturated rings. The van der Waals surface area contributed by atoms with Gasteiger partial charge in [0.25, 0.3) is 0 Å². The molecule has 0 aliphatic rings. The summed E-state index contributed by atoms with van der Waals surface area (Å²) in [5, 5.41) is 9.06. The van der Waals surface area contributed by atoms with Crippen LogP contribution < -0.4 is 4.90 Å². The van der Waals surface area contributed by atoms with Gasteiger partial charge in [-0.25, -0.2) is 4.79 Å². The summed E-state index contributed by atoms with van der Waals surface area (Å²) in [6, 6.07) is 7.00. The Labute approximate surface area is 129 Å². The predicted octanol–water partition coefficient (Wildman–Crippen LogP) is 2.69. The molecule has 0 spiro atoms. The molecule has 116 valence electrons. The molecule has 0 heterocycles. The Kier molecular flexibility index (Phi) is 6.55. The van der Waals surface area contributed by atoms with Crippen LogP contribution in [0, 0.1) is 6.92 Å². The number of hydrogen-bond donors (Lipinski definition) is 1. The molecule has 1 rings (SSSR count). The van der Waals surface area contributed by atoms with Crippen molar-refractivity contribution in [3.63, 3.8) is 0 Å². The molecule has 2 amide bonds. The first-order valence-electron chi connectivity index (χ1n) is 6.68. The lowest BCUT2D eigenvalue weighted by Gasteiger charge is -2.31. The van der Waals surface area contributed by atoms with Crippen LogP contribution in [0.25, 0.3) is 0 Å². The monoisotopic (exact) mass is 310 g/mol. The molecule has 1 atom stereocenters. The molecule has 1 aromatic carbocycles. The Bertz CT molecular complexity index is 490. The molecule has 0 saturated carbocycles. The van der Waals surface area contributed by atoms with Crippen molar-refractivity contribution in [2.45, 2.75) is 19.9 Å². The van der Waals surface area contributed by atoms with E-state index in [0.717, 1.165) is 11.3 Å². The molecule has 5 nitrogen and oxygen atoms in total. The molecule has 0 aromatic heterocycles. The van der Waals surface area contributed by atoms with E-state index in [4.69, 9.17) is 5.11 Å². The van der Waals surface area contributed by atoms with E-state index in [9.17, 15) is 9.59 Å². The number of aryl methyl sites for hydroxylation is 1. The SMILES string of the molecule is CSCC(C)N(C)C(=O)N(CC(=O)O)c1ccc(C)cc1. The van der Waals surface area contributed by atoms with Crippen LogP contribution >= 0.6 is 11.8 Å². The van der Waals surface area contributed by atoms with Crippen molar-refractivity contribution < 1.29 is 14.7 Å². The minimum Gasteiger partial charge on any atom is -0.480 e. The highest BCUT2D eigenvalue weighted by molar-refractivity contribution is 7.98. The average Bonchev–Trinajstić information content (AvgIpc) is 2.44. The molecule has 1 N–H and O–H groups in total. The maximum atomic E-state index is 12.6. The lowest BCUT2D eigenvalue weighted by Crippen LogP contribution is -2.47. The average molecular weight is 310 g/mol. The van der Waals surface area contributed by atoms with Gasteiger partial charge in [-0.2, -0.15) is 11.8 Å². The second-order valence-corrected chi connectivity index (χ2v) is 5.92. The molecular formula is C15H22N2O3S. The van der Waals surface area contributed by atoms with Crippen molar-refractivity contribution in [2.75, 3.05) is 30.5 Å². The number of carboxylic acids is 1. The number of anilines is 1. The van der Waals surface area contributed by atoms with Gasteiger partial charge in [-0.05, 0) is 32.2 Å². The van der Waals surface area contributed by atoms with Crippen LogP contribution in [0.1, 0.15) is 12.5 Å². The van der Waals surface area contributed by atoms with E-state index in [1.165, 1.54) is 4.90 Å². The number of thioether (sulfide) groups is 1. The Morgan fingerprint density at radius 3 is 2.33 bits per heavy atom. The van der Waals surface area contributed by atoms with Gasteiger partial charge in [0.1, 0.15) is 6.54 Å². The van der Waals surface area contributed by atoms with Crippen LogP contribution in [-0.4, -0.2) is 53.6 Å². The number of carboxylic acid groups (broad SMARTS) is 1. The quantitative estimate of drug-likeness (QED) is 0.877. The summed E-state index contributed by atoms with van der Waals surface area (Å²) >= 11 is 1.65. The maximum absolute atomic E-state index is 12.6. The zero-order valence-corrected chi connectivity index (χ0v) is 13.7. The Morgan fingerprint density at radius 1 is 1.29 bits per heavy atom. The number of nitrogens with zero attached hydrogens (tertiary/aromatic N) is 2. The van der Waals surface area contributed by atoms with Crippen molar-refractivity contribution in [3.05, 3.63) is 29.8 Å². The van der Waals surface area contributed by atoms with E-state index in [1.807, 2.05) is 32.2 Å². The molecule has 1 aromatic rings. The molecular weight excluding hydrogens is 288 g/mol. The molecule has 6 heteroatoms. The van der Waals surface area contributed by atoms with Crippen LogP contribution in [0.4, 0.5) is 10.5 Å². The molecule has 1 unspecified atom stereocenters. The largest absolute Gasteiger partial charge is 0.480 e. The van der Waals surface area contributed by atoms with Crippen molar-refractivity contribution in [3.8, 4) is 0 Å². The van der Waals surface area contributed by atoms with Crippen LogP contribution in [0.3, 0.4) is 0 Å². The number of carbonyl (C=O) groups is 2. The van der Waals surface area contributed by atoms with E-state index in [1.54, 1.807) is 35.8 Å². The van der Waals surface area contributed by atoms with Crippen molar-refractivity contribution in [2.24, 2.45) is 0 Å². The zero-order chi connectivity index (χ0) is 16.0. The number of rotatable bonds is 6. The van der Waals surface area contributed by atoms with Crippen molar-refractivity contribution >= 4 is 29.4 Å². The fourth-order valence-corrected chi connectivity index (χ4v) is 2.57. The highest BCUT2D eigenvalue weighted by Crippen LogP contribution is 2.18. The van der Waals surface area contributed by atoms with Crippen LogP contribution in [0.15, 0.2) is 24.3 Å². The number of amides is 2. The molecule has 0 radical (unpaired) electrons. The zero-order valence-electron chi connectivity index (χ0n) is 12.9. The summed E-state index contributed by atoms with van der Waals surface area (Å²) in [4.78, 5) is 26.5. The summed E-state index contributed by atoms with van der Waals surface area (Å²) in [5.41, 5.74) is 1.65. The predicted molar refractivity (Wildman–Crippen MR) is 87.2 cm³/mol. The van der Waals surface area contributed by atoms with Gasteiger partial charge in [0.05, 0.1) is 0 Å². The highest BCUT2D eigenvalue weighted by Gasteiger charge is 2.24. The lowest BCUT2D eigenvalue weighted by molar-refractivity contribution is -0.135. The van der Waals surface area contributed by atoms with Crippen LogP contribution in [-0.2, 0) is 4.79 Å². The van der Waals surface area contributed by atoms with Gasteiger partial charge in [0.15, 0.2) is 0 Å². The summed E-state index contributed by atoms with van der Waals surface area (Å²) in [7, 11) is 1.70. The Hall–Kier alpha value is -1.69. The minimum atomic E-state index is -1.03. The Morgan fingerprint density at radius 2 is 1.86 bits per heavy atom. The summed E-state index contributed by atoms with van der Waals surface area (Å²) in [6.07, 6.45) is 1.98. The van der Waals surface area contributed by atoms with E-state index < -0.39 is 5.97 Å². The van der Waals surface area contributed by atoms with E-state index in [2.05, 4.69) is 0 Å². The van der Waals surface area contributed by atoms with E-state index in [0.29, 0.717) is 5.69 Å². The molecule has 21 heavy (non-hydrogen) atoms. The fourth-order valence-electron chi connectivity index (χ4n) is 1.86. The first kappa shape index (κ1) is 17.4. The molecule has 0 bridgehead atoms. The fraction of sp³-hybridized carbons (Fsp3) is 0.467. The van der Waals surface area contributed by atoms with Gasteiger partial charge >= 0.3 is 12.0 Å². The van der Waals surface area contributed by atoms with E-state index in [-0.39, 0.29) is 18.6 Å². The number of hydrogen-bond acceptors (Lipinski definition) is 3. The number of carbonyl (C=O) groups excluding carboxylic acids is 1. The van der Waals surface area contributed by atoms with Gasteiger partial charge in [-0.15, -0.1) is 0 Å². The van der Waals surface area contributed by atoms with E-state index >= 15 is 0 Å². The number of benzene rings is 1. The third-order valence-corrected chi connectivity index (χ3v) is 4.06. The minimum absolute atomic E-state index is 0.0363. The smallest absolute Gasteiger partial charge is 0.325 e. The third-order valence-electron chi connectivity index (χ3n) is 3.24. The Balaban J connectivity index is 2.99. The first-order valence-corrected chi connectivity index (χ1v) is 8.08. The van der Waals surface area contributed by atoms with Gasteiger partial charge in [0.2, 0.25) is 0 Å². The normalized spacial score (nSPS) is 11.8. The summed E-state index contributed by atoms with van der Waals surface area (Å²) in [5.74, 6) is -0.230. The molecule has 0 aliphatic heterocycles. The lowest BCUT2D eigenvalue weighted by atomic mass is 10.2. The standard InChI is InChI=1S/C15H22N2O3S/c1-11-5-7-13(8-6-11)17(9-14(18)19)15(20)16(3)12(2)10-21-4/h5-8,12H,9-10H2,1-4H3,(H,18,19). The van der Waals surface area contributed by atoms with Gasteiger partial charge in [0, 0.05) is 24.5 Å². The molecule has 0 aliphatic carbocycles. The maximum Gasteiger partial charge on any atom is 0.325 e. The van der Waals surface area contributed by atoms with Gasteiger partial charge in [-0.3, -0.25) is 9.69 Å². The van der Waals surface area contributed by atoms with Crippen molar-refractivity contribution in [1.29, 1.82) is 0 Å². The third kappa shape index (κ3) is 4.97. The topological polar surface area (TPSA) is 60.9 Å². The number of aliphatic carboxylic acids is 1. The second-order valence-electron chi connectivity index (χ2n) is 5.01. The molecule has 0 saturated heterocycles. The van der Waals surface area contributed by atoms with Crippen LogP contribution in [0.2, 0.25) is 0 Å². The summed E-state index contributed by atoms with van der Waals surface area (Å²) < 4.78 is 0. The van der Waals surface area contributed by atoms with Crippen LogP contribution in [0.5, 0.6) is 0 Å². The van der Waals surface area contributed by atoms with Gasteiger partial charge in [-0.1, -0.05) is 17.7 Å². The van der Waals surface area contributed by atoms with Gasteiger partial charge < -0.3 is 10.0 Å². The first-order chi connectivity index (χ1) is 9.86. The second kappa shape index (κ2) is 7.93.